The van der Waals surface area contributed by atoms with Crippen molar-refractivity contribution in [1.82, 2.24) is 25.1 Å². The van der Waals surface area contributed by atoms with Gasteiger partial charge in [-0.1, -0.05) is 25.5 Å². The van der Waals surface area contributed by atoms with Crippen molar-refractivity contribution in [3.05, 3.63) is 35.6 Å². The number of carbonyl (C=O) groups is 4. The molecule has 10 nitrogen and oxygen atoms in total. The Labute approximate surface area is 191 Å². The van der Waals surface area contributed by atoms with Gasteiger partial charge in [-0.25, -0.2) is 19.2 Å². The Kier molecular flexibility index (Phi) is 7.85. The highest BCUT2D eigenvalue weighted by Crippen LogP contribution is 2.28. The molecule has 33 heavy (non-hydrogen) atoms. The zero-order chi connectivity index (χ0) is 24.1. The first-order valence-electron chi connectivity index (χ1n) is 11.1. The molecule has 0 spiro atoms. The lowest BCUT2D eigenvalue weighted by molar-refractivity contribution is -0.187. The van der Waals surface area contributed by atoms with Crippen molar-refractivity contribution in [2.75, 3.05) is 26.7 Å². The first-order valence-corrected chi connectivity index (χ1v) is 11.1. The van der Waals surface area contributed by atoms with E-state index >= 15 is 0 Å². The van der Waals surface area contributed by atoms with E-state index in [0.717, 1.165) is 12.8 Å². The summed E-state index contributed by atoms with van der Waals surface area (Å²) in [5.74, 6) is -2.04. The number of hydrazine groups is 1. The van der Waals surface area contributed by atoms with Crippen molar-refractivity contribution in [1.29, 1.82) is 0 Å². The average Bonchev–Trinajstić information content (AvgIpc) is 2.76. The quantitative estimate of drug-likeness (QED) is 0.600. The van der Waals surface area contributed by atoms with Crippen LogP contribution in [0.5, 0.6) is 0 Å². The van der Waals surface area contributed by atoms with Crippen LogP contribution >= 0.6 is 0 Å². The minimum absolute atomic E-state index is 0.0201. The molecule has 1 aromatic rings. The molecule has 2 aliphatic rings. The number of likely N-dealkylation sites (N-methyl/N-ethyl adjacent to an activating group) is 1. The number of aliphatic carboxylic acids is 1. The van der Waals surface area contributed by atoms with Crippen molar-refractivity contribution < 1.29 is 28.7 Å². The number of rotatable bonds is 8. The minimum Gasteiger partial charge on any atom is -0.481 e. The number of urea groups is 1. The van der Waals surface area contributed by atoms with Gasteiger partial charge in [0.05, 0.1) is 13.1 Å². The van der Waals surface area contributed by atoms with Crippen molar-refractivity contribution in [2.45, 2.75) is 51.4 Å². The third-order valence-corrected chi connectivity index (χ3v) is 5.92. The largest absolute Gasteiger partial charge is 0.481 e. The standard InChI is InChI=1S/C22H30FN5O5/c1-3-4-11-26-13-18-27(17(21(26)32)9-10-20(30)31)19(29)14-25(2)28(18)22(33)24-12-15-5-7-16(23)8-6-15/h5-8,17-18H,3-4,9-14H2,1-2H3,(H,24,33)(H,30,31)/t17?,18-/m0/s1. The van der Waals surface area contributed by atoms with Crippen LogP contribution in [0.3, 0.4) is 0 Å². The molecule has 11 heteroatoms. The predicted octanol–water partition coefficient (Wildman–Crippen LogP) is 1.23. The minimum atomic E-state index is -1.06. The molecule has 2 fully saturated rings. The van der Waals surface area contributed by atoms with E-state index in [2.05, 4.69) is 5.32 Å². The maximum atomic E-state index is 13.1. The van der Waals surface area contributed by atoms with Gasteiger partial charge in [-0.2, -0.15) is 0 Å². The molecule has 0 aromatic heterocycles. The van der Waals surface area contributed by atoms with Crippen molar-refractivity contribution in [3.63, 3.8) is 0 Å². The van der Waals surface area contributed by atoms with Crippen molar-refractivity contribution in [3.8, 4) is 0 Å². The number of halogens is 1. The number of hydrogen-bond acceptors (Lipinski definition) is 5. The highest BCUT2D eigenvalue weighted by molar-refractivity contribution is 5.91. The first-order chi connectivity index (χ1) is 15.7. The second kappa shape index (κ2) is 10.6. The number of piperazine rings is 1. The summed E-state index contributed by atoms with van der Waals surface area (Å²) in [5, 5.41) is 14.8. The molecule has 3 rings (SSSR count). The zero-order valence-corrected chi connectivity index (χ0v) is 18.9. The first kappa shape index (κ1) is 24.4. The van der Waals surface area contributed by atoms with Crippen LogP contribution in [0.15, 0.2) is 24.3 Å². The number of nitrogens with zero attached hydrogens (tertiary/aromatic N) is 4. The molecule has 1 aromatic carbocycles. The number of hydrogen-bond donors (Lipinski definition) is 2. The summed E-state index contributed by atoms with van der Waals surface area (Å²) >= 11 is 0. The van der Waals surface area contributed by atoms with Gasteiger partial charge in [-0.3, -0.25) is 14.4 Å². The van der Waals surface area contributed by atoms with E-state index in [1.165, 1.54) is 27.1 Å². The van der Waals surface area contributed by atoms with Gasteiger partial charge >= 0.3 is 12.0 Å². The smallest absolute Gasteiger partial charge is 0.334 e. The van der Waals surface area contributed by atoms with Gasteiger partial charge in [0.2, 0.25) is 11.8 Å². The lowest BCUT2D eigenvalue weighted by Gasteiger charge is -2.54. The second-order valence-corrected chi connectivity index (χ2v) is 8.31. The highest BCUT2D eigenvalue weighted by atomic mass is 19.1. The second-order valence-electron chi connectivity index (χ2n) is 8.31. The van der Waals surface area contributed by atoms with E-state index in [0.29, 0.717) is 12.1 Å². The summed E-state index contributed by atoms with van der Waals surface area (Å²) in [6, 6.07) is 4.34. The van der Waals surface area contributed by atoms with Gasteiger partial charge < -0.3 is 20.2 Å². The number of benzene rings is 1. The van der Waals surface area contributed by atoms with Crippen molar-refractivity contribution >= 4 is 23.8 Å². The molecule has 0 bridgehead atoms. The van der Waals surface area contributed by atoms with Gasteiger partial charge in [0, 0.05) is 26.6 Å². The highest BCUT2D eigenvalue weighted by Gasteiger charge is 2.50. The molecule has 2 saturated heterocycles. The van der Waals surface area contributed by atoms with Gasteiger partial charge in [0.15, 0.2) is 0 Å². The number of unbranched alkanes of at least 4 members (excludes halogenated alkanes) is 1. The summed E-state index contributed by atoms with van der Waals surface area (Å²) in [4.78, 5) is 53.3. The third kappa shape index (κ3) is 5.59. The zero-order valence-electron chi connectivity index (χ0n) is 18.9. The number of nitrogens with one attached hydrogen (secondary N) is 1. The number of carboxylic acid groups (broad SMARTS) is 1. The van der Waals surface area contributed by atoms with E-state index in [-0.39, 0.29) is 50.1 Å². The van der Waals surface area contributed by atoms with E-state index in [1.807, 2.05) is 6.92 Å². The van der Waals surface area contributed by atoms with E-state index in [9.17, 15) is 23.6 Å². The maximum Gasteiger partial charge on any atom is 0.334 e. The van der Waals surface area contributed by atoms with E-state index in [4.69, 9.17) is 5.11 Å². The Balaban J connectivity index is 1.83. The predicted molar refractivity (Wildman–Crippen MR) is 116 cm³/mol. The van der Waals surface area contributed by atoms with Crippen LogP contribution in [0.4, 0.5) is 9.18 Å². The SMILES string of the molecule is CCCCN1C[C@H]2N(C(=O)CN(C)N2C(=O)NCc2ccc(F)cc2)C(CCC(=O)O)C1=O. The summed E-state index contributed by atoms with van der Waals surface area (Å²) in [5.41, 5.74) is 0.708. The van der Waals surface area contributed by atoms with Gasteiger partial charge in [0.25, 0.3) is 0 Å². The number of carboxylic acids is 1. The van der Waals surface area contributed by atoms with Crippen LogP contribution < -0.4 is 5.32 Å². The summed E-state index contributed by atoms with van der Waals surface area (Å²) < 4.78 is 13.1. The lowest BCUT2D eigenvalue weighted by atomic mass is 10.0. The van der Waals surface area contributed by atoms with Crippen LogP contribution in [0.25, 0.3) is 0 Å². The molecular formula is C22H30FN5O5. The fourth-order valence-electron chi connectivity index (χ4n) is 4.25. The van der Waals surface area contributed by atoms with Gasteiger partial charge in [-0.15, -0.1) is 0 Å². The average molecular weight is 464 g/mol. The maximum absolute atomic E-state index is 13.1. The van der Waals surface area contributed by atoms with Gasteiger partial charge in [0.1, 0.15) is 18.0 Å². The normalized spacial score (nSPS) is 21.2. The molecule has 0 aliphatic carbocycles. The van der Waals surface area contributed by atoms with Gasteiger partial charge in [-0.05, 0) is 30.5 Å². The molecule has 2 aliphatic heterocycles. The topological polar surface area (TPSA) is 114 Å². The monoisotopic (exact) mass is 463 g/mol. The van der Waals surface area contributed by atoms with Crippen LogP contribution in [-0.2, 0) is 20.9 Å². The molecule has 2 atom stereocenters. The number of carbonyl (C=O) groups excluding carboxylic acids is 3. The van der Waals surface area contributed by atoms with Crippen LogP contribution in [0, 0.1) is 5.82 Å². The van der Waals surface area contributed by atoms with Crippen LogP contribution in [0.1, 0.15) is 38.2 Å². The third-order valence-electron chi connectivity index (χ3n) is 5.92. The van der Waals surface area contributed by atoms with E-state index in [1.54, 1.807) is 24.1 Å². The Morgan fingerprint density at radius 1 is 1.21 bits per heavy atom. The molecule has 1 unspecified atom stereocenters. The number of amides is 4. The Bertz CT molecular complexity index is 896. The number of fused-ring (bicyclic) bond motifs is 1. The summed E-state index contributed by atoms with van der Waals surface area (Å²) in [6.07, 6.45) is 0.580. The molecule has 2 heterocycles. The summed E-state index contributed by atoms with van der Waals surface area (Å²) in [7, 11) is 1.62. The fourth-order valence-corrected chi connectivity index (χ4v) is 4.25. The Morgan fingerprint density at radius 3 is 2.55 bits per heavy atom. The molecule has 0 saturated carbocycles. The van der Waals surface area contributed by atoms with Crippen LogP contribution in [-0.4, -0.2) is 87.6 Å². The molecule has 4 amide bonds. The molecule has 180 valence electrons. The molecule has 0 radical (unpaired) electrons. The Hall–Kier alpha value is -3.21. The fraction of sp³-hybridized carbons (Fsp3) is 0.545. The van der Waals surface area contributed by atoms with Crippen molar-refractivity contribution in [2.24, 2.45) is 0 Å². The Morgan fingerprint density at radius 2 is 1.91 bits per heavy atom. The summed E-state index contributed by atoms with van der Waals surface area (Å²) in [6.45, 7) is 2.64. The van der Waals surface area contributed by atoms with E-state index < -0.39 is 24.2 Å². The lowest BCUT2D eigenvalue weighted by Crippen LogP contribution is -2.76. The molecular weight excluding hydrogens is 433 g/mol. The van der Waals surface area contributed by atoms with Crippen LogP contribution in [0.2, 0.25) is 0 Å². The molecule has 2 N–H and O–H groups in total.